The molecule has 2 rings (SSSR count). The normalized spacial score (nSPS) is 10.8. The number of nitrogens with two attached hydrogens (primary N) is 1. The fourth-order valence-electron chi connectivity index (χ4n) is 1.64. The third kappa shape index (κ3) is 1.97. The Balaban J connectivity index is 2.44. The van der Waals surface area contributed by atoms with Crippen molar-refractivity contribution in [3.8, 4) is 5.75 Å². The summed E-state index contributed by atoms with van der Waals surface area (Å²) in [7, 11) is 1.69. The van der Waals surface area contributed by atoms with Crippen LogP contribution in [0.1, 0.15) is 5.56 Å². The number of thiophene rings is 1. The van der Waals surface area contributed by atoms with Gasteiger partial charge < -0.3 is 9.57 Å². The van der Waals surface area contributed by atoms with Gasteiger partial charge in [0.05, 0.1) is 18.4 Å². The minimum absolute atomic E-state index is 0.539. The van der Waals surface area contributed by atoms with E-state index >= 15 is 0 Å². The minimum atomic E-state index is 0.539. The third-order valence-electron chi connectivity index (χ3n) is 2.38. The predicted molar refractivity (Wildman–Crippen MR) is 62.2 cm³/mol. The summed E-state index contributed by atoms with van der Waals surface area (Å²) in [6.07, 6.45) is 0.827. The molecule has 0 fully saturated rings. The number of hydrogen-bond donors (Lipinski definition) is 1. The van der Waals surface area contributed by atoms with Crippen LogP contribution in [0.2, 0.25) is 0 Å². The summed E-state index contributed by atoms with van der Waals surface area (Å²) >= 11 is 1.69. The Labute approximate surface area is 92.4 Å². The van der Waals surface area contributed by atoms with Gasteiger partial charge in [0.2, 0.25) is 0 Å². The molecular weight excluding hydrogens is 210 g/mol. The quantitative estimate of drug-likeness (QED) is 0.809. The summed E-state index contributed by atoms with van der Waals surface area (Å²) in [5, 5.41) is 3.30. The Morgan fingerprint density at radius 1 is 1.33 bits per heavy atom. The zero-order valence-corrected chi connectivity index (χ0v) is 9.34. The van der Waals surface area contributed by atoms with Crippen LogP contribution in [0.25, 0.3) is 10.1 Å². The molecular formula is C11H13NO2S. The molecule has 0 atom stereocenters. The Morgan fingerprint density at radius 2 is 2.20 bits per heavy atom. The lowest BCUT2D eigenvalue weighted by Gasteiger charge is -2.06. The molecule has 0 unspecified atom stereocenters. The molecule has 0 spiro atoms. The lowest BCUT2D eigenvalue weighted by atomic mass is 10.1. The van der Waals surface area contributed by atoms with Gasteiger partial charge in [-0.05, 0) is 34.9 Å². The molecule has 15 heavy (non-hydrogen) atoms. The lowest BCUT2D eigenvalue weighted by molar-refractivity contribution is 0.141. The van der Waals surface area contributed by atoms with Crippen molar-refractivity contribution in [2.24, 2.45) is 5.90 Å². The van der Waals surface area contributed by atoms with E-state index in [0.717, 1.165) is 12.2 Å². The Bertz CT molecular complexity index is 453. The van der Waals surface area contributed by atoms with Gasteiger partial charge in [-0.1, -0.05) is 6.07 Å². The molecule has 0 radical (unpaired) electrons. The van der Waals surface area contributed by atoms with E-state index in [1.807, 2.05) is 6.07 Å². The van der Waals surface area contributed by atoms with Crippen LogP contribution in [0.3, 0.4) is 0 Å². The van der Waals surface area contributed by atoms with E-state index < -0.39 is 0 Å². The second kappa shape index (κ2) is 4.61. The molecule has 1 aromatic heterocycles. The molecule has 2 N–H and O–H groups in total. The van der Waals surface area contributed by atoms with Crippen molar-refractivity contribution >= 4 is 21.4 Å². The molecule has 0 bridgehead atoms. The molecule has 0 aliphatic rings. The average molecular weight is 223 g/mol. The number of rotatable bonds is 4. The molecule has 80 valence electrons. The summed E-state index contributed by atoms with van der Waals surface area (Å²) in [5.74, 6) is 5.96. The van der Waals surface area contributed by atoms with Crippen LogP contribution in [0, 0.1) is 0 Å². The maximum Gasteiger partial charge on any atom is 0.136 e. The fraction of sp³-hybridized carbons (Fsp3) is 0.273. The van der Waals surface area contributed by atoms with Crippen LogP contribution in [0.15, 0.2) is 23.6 Å². The molecule has 0 aliphatic carbocycles. The SMILES string of the molecule is COc1ccc(CCON)c2ccsc12. The number of hydrogen-bond acceptors (Lipinski definition) is 4. The number of fused-ring (bicyclic) bond motifs is 1. The highest BCUT2D eigenvalue weighted by Gasteiger charge is 2.07. The predicted octanol–water partition coefficient (Wildman–Crippen LogP) is 2.34. The van der Waals surface area contributed by atoms with Gasteiger partial charge in [0.1, 0.15) is 5.75 Å². The molecule has 3 nitrogen and oxygen atoms in total. The molecule has 0 saturated heterocycles. The molecule has 2 aromatic rings. The first kappa shape index (κ1) is 10.4. The van der Waals surface area contributed by atoms with Crippen LogP contribution in [-0.4, -0.2) is 13.7 Å². The van der Waals surface area contributed by atoms with Gasteiger partial charge in [0.25, 0.3) is 0 Å². The maximum absolute atomic E-state index is 5.30. The van der Waals surface area contributed by atoms with E-state index in [0.29, 0.717) is 6.61 Å². The minimum Gasteiger partial charge on any atom is -0.495 e. The van der Waals surface area contributed by atoms with Crippen molar-refractivity contribution in [2.75, 3.05) is 13.7 Å². The zero-order valence-electron chi connectivity index (χ0n) is 8.53. The van der Waals surface area contributed by atoms with Crippen LogP contribution in [-0.2, 0) is 11.3 Å². The van der Waals surface area contributed by atoms with Crippen molar-refractivity contribution in [3.05, 3.63) is 29.1 Å². The number of benzene rings is 1. The monoisotopic (exact) mass is 223 g/mol. The van der Waals surface area contributed by atoms with E-state index in [1.165, 1.54) is 15.6 Å². The van der Waals surface area contributed by atoms with Gasteiger partial charge in [0, 0.05) is 0 Å². The fourth-order valence-corrected chi connectivity index (χ4v) is 2.58. The topological polar surface area (TPSA) is 44.5 Å². The van der Waals surface area contributed by atoms with Crippen LogP contribution in [0.4, 0.5) is 0 Å². The van der Waals surface area contributed by atoms with E-state index in [1.54, 1.807) is 18.4 Å². The third-order valence-corrected chi connectivity index (χ3v) is 3.31. The van der Waals surface area contributed by atoms with E-state index in [-0.39, 0.29) is 0 Å². The zero-order chi connectivity index (χ0) is 10.7. The van der Waals surface area contributed by atoms with Crippen LogP contribution < -0.4 is 10.6 Å². The van der Waals surface area contributed by atoms with E-state index in [4.69, 9.17) is 10.6 Å². The molecule has 4 heteroatoms. The van der Waals surface area contributed by atoms with Gasteiger partial charge in [-0.25, -0.2) is 5.90 Å². The summed E-state index contributed by atoms with van der Waals surface area (Å²) in [4.78, 5) is 4.60. The molecule has 0 aliphatic heterocycles. The van der Waals surface area contributed by atoms with Crippen LogP contribution >= 0.6 is 11.3 Å². The van der Waals surface area contributed by atoms with E-state index in [2.05, 4.69) is 22.4 Å². The molecule has 1 heterocycles. The highest BCUT2D eigenvalue weighted by Crippen LogP contribution is 2.33. The van der Waals surface area contributed by atoms with Crippen molar-refractivity contribution in [2.45, 2.75) is 6.42 Å². The molecule has 0 amide bonds. The summed E-state index contributed by atoms with van der Waals surface area (Å²) in [6.45, 7) is 0.539. The van der Waals surface area contributed by atoms with Crippen molar-refractivity contribution in [1.82, 2.24) is 0 Å². The second-order valence-electron chi connectivity index (χ2n) is 3.21. The first-order chi connectivity index (χ1) is 7.36. The second-order valence-corrected chi connectivity index (χ2v) is 4.13. The number of ether oxygens (including phenoxy) is 1. The first-order valence-corrected chi connectivity index (χ1v) is 5.59. The maximum atomic E-state index is 5.30. The van der Waals surface area contributed by atoms with Gasteiger partial charge in [-0.2, -0.15) is 0 Å². The van der Waals surface area contributed by atoms with Gasteiger partial charge in [-0.15, -0.1) is 11.3 Å². The average Bonchev–Trinajstić information content (AvgIpc) is 2.74. The molecule has 1 aromatic carbocycles. The van der Waals surface area contributed by atoms with Crippen molar-refractivity contribution < 1.29 is 9.57 Å². The van der Waals surface area contributed by atoms with Crippen molar-refractivity contribution in [1.29, 1.82) is 0 Å². The van der Waals surface area contributed by atoms with Crippen LogP contribution in [0.5, 0.6) is 5.75 Å². The highest BCUT2D eigenvalue weighted by atomic mass is 32.1. The van der Waals surface area contributed by atoms with Gasteiger partial charge >= 0.3 is 0 Å². The number of methoxy groups -OCH3 is 1. The lowest BCUT2D eigenvalue weighted by Crippen LogP contribution is -2.03. The largest absolute Gasteiger partial charge is 0.495 e. The standard InChI is InChI=1S/C11H13NO2S/c1-13-10-3-2-8(4-6-14-12)9-5-7-15-11(9)10/h2-3,5,7H,4,6,12H2,1H3. The first-order valence-electron chi connectivity index (χ1n) is 4.71. The smallest absolute Gasteiger partial charge is 0.136 e. The molecule has 0 saturated carbocycles. The van der Waals surface area contributed by atoms with E-state index in [9.17, 15) is 0 Å². The van der Waals surface area contributed by atoms with Gasteiger partial charge in [-0.3, -0.25) is 0 Å². The summed E-state index contributed by atoms with van der Waals surface area (Å²) < 4.78 is 6.49. The summed E-state index contributed by atoms with van der Waals surface area (Å²) in [6, 6.07) is 6.16. The summed E-state index contributed by atoms with van der Waals surface area (Å²) in [5.41, 5.74) is 1.25. The van der Waals surface area contributed by atoms with Crippen molar-refractivity contribution in [3.63, 3.8) is 0 Å². The Kier molecular flexibility index (Phi) is 3.20. The Hall–Kier alpha value is -1.10. The van der Waals surface area contributed by atoms with Gasteiger partial charge in [0.15, 0.2) is 0 Å². The Morgan fingerprint density at radius 3 is 2.93 bits per heavy atom. The highest BCUT2D eigenvalue weighted by molar-refractivity contribution is 7.17.